The smallest absolute Gasteiger partial charge is 0.0332 e. The number of rotatable bonds is 7. The lowest BCUT2D eigenvalue weighted by molar-refractivity contribution is 0.0847. The number of hydrogen-bond acceptors (Lipinski definition) is 3. The molecule has 1 aromatic rings. The molecular weight excluding hydrogens is 308 g/mol. The van der Waals surface area contributed by atoms with Crippen LogP contribution in [0.25, 0.3) is 0 Å². The lowest BCUT2D eigenvalue weighted by Crippen LogP contribution is -2.58. The van der Waals surface area contributed by atoms with Gasteiger partial charge in [-0.3, -0.25) is 4.90 Å². The van der Waals surface area contributed by atoms with Crippen LogP contribution in [0.1, 0.15) is 39.0 Å². The van der Waals surface area contributed by atoms with Crippen LogP contribution in [0.2, 0.25) is 0 Å². The Balaban J connectivity index is 2.80. The van der Waals surface area contributed by atoms with Crippen molar-refractivity contribution < 1.29 is 0 Å². The first kappa shape index (κ1) is 16.2. The van der Waals surface area contributed by atoms with Gasteiger partial charge in [-0.05, 0) is 54.9 Å². The average Bonchev–Trinajstić information content (AvgIpc) is 2.75. The summed E-state index contributed by atoms with van der Waals surface area (Å²) in [5.74, 6) is 0. The van der Waals surface area contributed by atoms with Gasteiger partial charge >= 0.3 is 0 Å². The molecule has 0 radical (unpaired) electrons. The first-order chi connectivity index (χ1) is 8.47. The van der Waals surface area contributed by atoms with Crippen molar-refractivity contribution in [2.24, 2.45) is 5.73 Å². The Morgan fingerprint density at radius 3 is 2.39 bits per heavy atom. The Bertz CT molecular complexity index is 362. The number of nitrogens with two attached hydrogens (primary N) is 1. The number of nitrogens with zero attached hydrogens (tertiary/aromatic N) is 1. The standard InChI is InChI=1S/C14H25BrN2S/c1-5-14(4,17(6-2)7-3)13(16)9-12-8-11(15)10-18-12/h8,10,13H,5-7,9,16H2,1-4H3. The molecule has 0 fully saturated rings. The molecule has 4 heteroatoms. The molecule has 2 atom stereocenters. The first-order valence-electron chi connectivity index (χ1n) is 6.71. The van der Waals surface area contributed by atoms with Gasteiger partial charge in [-0.25, -0.2) is 0 Å². The molecule has 0 amide bonds. The highest BCUT2D eigenvalue weighted by Crippen LogP contribution is 2.27. The molecule has 2 nitrogen and oxygen atoms in total. The fourth-order valence-corrected chi connectivity index (χ4v) is 4.07. The summed E-state index contributed by atoms with van der Waals surface area (Å²) in [7, 11) is 0. The van der Waals surface area contributed by atoms with Crippen LogP contribution >= 0.6 is 27.3 Å². The van der Waals surface area contributed by atoms with Crippen molar-refractivity contribution in [2.45, 2.75) is 52.1 Å². The van der Waals surface area contributed by atoms with Gasteiger partial charge in [0.2, 0.25) is 0 Å². The van der Waals surface area contributed by atoms with Crippen molar-refractivity contribution in [3.05, 3.63) is 20.8 Å². The highest BCUT2D eigenvalue weighted by atomic mass is 79.9. The molecule has 0 saturated heterocycles. The third-order valence-electron chi connectivity index (χ3n) is 4.04. The van der Waals surface area contributed by atoms with Crippen molar-refractivity contribution in [1.82, 2.24) is 4.90 Å². The number of thiophene rings is 1. The zero-order valence-electron chi connectivity index (χ0n) is 11.9. The minimum Gasteiger partial charge on any atom is -0.326 e. The zero-order chi connectivity index (χ0) is 13.8. The van der Waals surface area contributed by atoms with Crippen molar-refractivity contribution in [2.75, 3.05) is 13.1 Å². The minimum absolute atomic E-state index is 0.0833. The Morgan fingerprint density at radius 2 is 2.00 bits per heavy atom. The van der Waals surface area contributed by atoms with Crippen LogP contribution < -0.4 is 5.73 Å². The minimum atomic E-state index is 0.0833. The van der Waals surface area contributed by atoms with Crippen LogP contribution in [-0.2, 0) is 6.42 Å². The van der Waals surface area contributed by atoms with E-state index < -0.39 is 0 Å². The van der Waals surface area contributed by atoms with Gasteiger partial charge in [-0.2, -0.15) is 0 Å². The van der Waals surface area contributed by atoms with E-state index in [0.717, 1.165) is 30.4 Å². The summed E-state index contributed by atoms with van der Waals surface area (Å²) >= 11 is 5.29. The van der Waals surface area contributed by atoms with Gasteiger partial charge in [0.1, 0.15) is 0 Å². The molecule has 18 heavy (non-hydrogen) atoms. The zero-order valence-corrected chi connectivity index (χ0v) is 14.3. The highest BCUT2D eigenvalue weighted by Gasteiger charge is 2.34. The lowest BCUT2D eigenvalue weighted by Gasteiger charge is -2.44. The molecule has 0 aliphatic carbocycles. The number of likely N-dealkylation sites (N-methyl/N-ethyl adjacent to an activating group) is 1. The van der Waals surface area contributed by atoms with E-state index in [0.29, 0.717) is 0 Å². The maximum absolute atomic E-state index is 6.51. The van der Waals surface area contributed by atoms with E-state index in [-0.39, 0.29) is 11.6 Å². The topological polar surface area (TPSA) is 29.3 Å². The third-order valence-corrected chi connectivity index (χ3v) is 5.76. The maximum atomic E-state index is 6.51. The van der Waals surface area contributed by atoms with E-state index in [2.05, 4.69) is 60.0 Å². The van der Waals surface area contributed by atoms with Crippen molar-refractivity contribution in [3.63, 3.8) is 0 Å². The molecule has 104 valence electrons. The van der Waals surface area contributed by atoms with Gasteiger partial charge < -0.3 is 5.73 Å². The van der Waals surface area contributed by atoms with Crippen molar-refractivity contribution >= 4 is 27.3 Å². The van der Waals surface area contributed by atoms with E-state index in [4.69, 9.17) is 5.73 Å². The van der Waals surface area contributed by atoms with Crippen molar-refractivity contribution in [1.29, 1.82) is 0 Å². The normalized spacial score (nSPS) is 16.8. The molecule has 1 heterocycles. The summed E-state index contributed by atoms with van der Waals surface area (Å²) in [6.07, 6.45) is 2.04. The van der Waals surface area contributed by atoms with E-state index >= 15 is 0 Å². The number of halogens is 1. The Labute approximate surface area is 124 Å². The molecule has 0 bridgehead atoms. The fourth-order valence-electron chi connectivity index (χ4n) is 2.56. The summed E-state index contributed by atoms with van der Waals surface area (Å²) in [6, 6.07) is 2.36. The van der Waals surface area contributed by atoms with Crippen LogP contribution in [0.5, 0.6) is 0 Å². The molecule has 0 spiro atoms. The predicted octanol–water partition coefficient (Wildman–Crippen LogP) is 3.89. The predicted molar refractivity (Wildman–Crippen MR) is 85.3 cm³/mol. The summed E-state index contributed by atoms with van der Waals surface area (Å²) in [6.45, 7) is 11.1. The molecular formula is C14H25BrN2S. The molecule has 0 saturated carbocycles. The van der Waals surface area contributed by atoms with Crippen LogP contribution in [0.4, 0.5) is 0 Å². The summed E-state index contributed by atoms with van der Waals surface area (Å²) in [4.78, 5) is 3.85. The third kappa shape index (κ3) is 3.56. The Hall–Kier alpha value is 0.1000. The Morgan fingerprint density at radius 1 is 1.39 bits per heavy atom. The molecule has 1 rings (SSSR count). The first-order valence-corrected chi connectivity index (χ1v) is 8.38. The van der Waals surface area contributed by atoms with Gasteiger partial charge in [0.25, 0.3) is 0 Å². The lowest BCUT2D eigenvalue weighted by atomic mass is 9.85. The second-order valence-electron chi connectivity index (χ2n) is 4.92. The van der Waals surface area contributed by atoms with Crippen LogP contribution in [0.15, 0.2) is 15.9 Å². The SMILES string of the molecule is CCN(CC)C(C)(CC)C(N)Cc1cc(Br)cs1. The van der Waals surface area contributed by atoms with E-state index in [1.165, 1.54) is 4.88 Å². The molecule has 2 N–H and O–H groups in total. The molecule has 0 aromatic carbocycles. The summed E-state index contributed by atoms with van der Waals surface area (Å²) < 4.78 is 1.16. The molecule has 0 aliphatic rings. The largest absolute Gasteiger partial charge is 0.326 e. The highest BCUT2D eigenvalue weighted by molar-refractivity contribution is 9.10. The Kier molecular flexibility index (Phi) is 6.31. The van der Waals surface area contributed by atoms with Crippen LogP contribution in [0.3, 0.4) is 0 Å². The second kappa shape index (κ2) is 7.04. The monoisotopic (exact) mass is 332 g/mol. The number of hydrogen-bond donors (Lipinski definition) is 1. The van der Waals surface area contributed by atoms with Crippen molar-refractivity contribution in [3.8, 4) is 0 Å². The fraction of sp³-hybridized carbons (Fsp3) is 0.714. The average molecular weight is 333 g/mol. The molecule has 0 aliphatic heterocycles. The maximum Gasteiger partial charge on any atom is 0.0332 e. The molecule has 1 aromatic heterocycles. The second-order valence-corrected chi connectivity index (χ2v) is 6.84. The summed E-state index contributed by atoms with van der Waals surface area (Å²) in [5.41, 5.74) is 6.59. The van der Waals surface area contributed by atoms with Gasteiger partial charge in [0.15, 0.2) is 0 Å². The van der Waals surface area contributed by atoms with Gasteiger partial charge in [0.05, 0.1) is 0 Å². The van der Waals surface area contributed by atoms with E-state index in [1.807, 2.05) is 0 Å². The van der Waals surface area contributed by atoms with Gasteiger partial charge in [-0.1, -0.05) is 20.8 Å². The van der Waals surface area contributed by atoms with E-state index in [9.17, 15) is 0 Å². The summed E-state index contributed by atoms with van der Waals surface area (Å²) in [5, 5.41) is 2.13. The molecule has 2 unspecified atom stereocenters. The van der Waals surface area contributed by atoms with Gasteiger partial charge in [-0.15, -0.1) is 11.3 Å². The van der Waals surface area contributed by atoms with E-state index in [1.54, 1.807) is 11.3 Å². The van der Waals surface area contributed by atoms with Crippen LogP contribution in [-0.4, -0.2) is 29.6 Å². The quantitative estimate of drug-likeness (QED) is 0.820. The van der Waals surface area contributed by atoms with Crippen LogP contribution in [0, 0.1) is 0 Å². The van der Waals surface area contributed by atoms with Gasteiger partial charge in [0, 0.05) is 26.3 Å².